The first-order chi connectivity index (χ1) is 6.87. The Morgan fingerprint density at radius 1 is 1.47 bits per heavy atom. The van der Waals surface area contributed by atoms with Crippen LogP contribution in [0.25, 0.3) is 0 Å². The average molecular weight is 229 g/mol. The quantitative estimate of drug-likeness (QED) is 0.758. The molecule has 0 aliphatic rings. The lowest BCUT2D eigenvalue weighted by atomic mass is 10.2. The van der Waals surface area contributed by atoms with Gasteiger partial charge in [-0.05, 0) is 17.7 Å². The topological polar surface area (TPSA) is 83.5 Å². The number of benzene rings is 1. The van der Waals surface area contributed by atoms with Gasteiger partial charge >= 0.3 is 0 Å². The van der Waals surface area contributed by atoms with Crippen LogP contribution in [0.3, 0.4) is 0 Å². The van der Waals surface area contributed by atoms with E-state index in [9.17, 15) is 13.2 Å². The van der Waals surface area contributed by atoms with E-state index < -0.39 is 15.9 Å². The summed E-state index contributed by atoms with van der Waals surface area (Å²) in [6.07, 6.45) is 0. The second-order valence-electron chi connectivity index (χ2n) is 3.11. The molecule has 2 N–H and O–H groups in total. The van der Waals surface area contributed by atoms with Crippen molar-refractivity contribution in [3.8, 4) is 0 Å². The van der Waals surface area contributed by atoms with Gasteiger partial charge in [-0.1, -0.05) is 12.1 Å². The third-order valence-electron chi connectivity index (χ3n) is 1.60. The fraction of sp³-hybridized carbons (Fsp3) is 0.222. The second kappa shape index (κ2) is 4.41. The van der Waals surface area contributed by atoms with Crippen molar-refractivity contribution in [2.45, 2.75) is 12.7 Å². The van der Waals surface area contributed by atoms with Gasteiger partial charge in [-0.3, -0.25) is 9.35 Å². The summed E-state index contributed by atoms with van der Waals surface area (Å²) in [7, 11) is -4.04. The number of nitrogens with one attached hydrogen (secondary N) is 1. The Balaban J connectivity index is 2.88. The molecule has 0 saturated carbocycles. The summed E-state index contributed by atoms with van der Waals surface area (Å²) in [5.41, 5.74) is 0.924. The molecule has 5 nitrogen and oxygen atoms in total. The van der Waals surface area contributed by atoms with Gasteiger partial charge < -0.3 is 5.32 Å². The maximum absolute atomic E-state index is 10.7. The molecule has 0 fully saturated rings. The highest BCUT2D eigenvalue weighted by molar-refractivity contribution is 7.85. The minimum absolute atomic E-state index is 0.237. The summed E-state index contributed by atoms with van der Waals surface area (Å²) in [4.78, 5) is 10.7. The maximum Gasteiger partial charge on any atom is 0.269 e. The van der Waals surface area contributed by atoms with Crippen LogP contribution in [0.15, 0.2) is 24.3 Å². The largest absolute Gasteiger partial charge is 0.326 e. The SMILES string of the molecule is CC(=O)Nc1cccc(CS(=O)(=O)O)c1. The molecule has 0 spiro atoms. The van der Waals surface area contributed by atoms with Crippen molar-refractivity contribution < 1.29 is 17.8 Å². The van der Waals surface area contributed by atoms with Crippen LogP contribution >= 0.6 is 0 Å². The zero-order valence-corrected chi connectivity index (χ0v) is 8.91. The van der Waals surface area contributed by atoms with Crippen molar-refractivity contribution >= 4 is 21.7 Å². The minimum atomic E-state index is -4.04. The monoisotopic (exact) mass is 229 g/mol. The third-order valence-corrected chi connectivity index (χ3v) is 2.29. The standard InChI is InChI=1S/C9H11NO4S/c1-7(11)10-9-4-2-3-8(5-9)6-15(12,13)14/h2-5H,6H2,1H3,(H,10,11)(H,12,13,14). The first-order valence-corrected chi connectivity index (χ1v) is 5.79. The van der Waals surface area contributed by atoms with E-state index in [1.165, 1.54) is 13.0 Å². The Morgan fingerprint density at radius 3 is 2.67 bits per heavy atom. The van der Waals surface area contributed by atoms with E-state index >= 15 is 0 Å². The molecule has 1 aromatic rings. The van der Waals surface area contributed by atoms with E-state index in [0.29, 0.717) is 11.3 Å². The van der Waals surface area contributed by atoms with E-state index in [1.54, 1.807) is 18.2 Å². The number of hydrogen-bond donors (Lipinski definition) is 2. The highest BCUT2D eigenvalue weighted by Gasteiger charge is 2.06. The van der Waals surface area contributed by atoms with E-state index in [2.05, 4.69) is 5.32 Å². The van der Waals surface area contributed by atoms with E-state index in [1.807, 2.05) is 0 Å². The lowest BCUT2D eigenvalue weighted by molar-refractivity contribution is -0.114. The lowest BCUT2D eigenvalue weighted by Gasteiger charge is -2.04. The van der Waals surface area contributed by atoms with Crippen molar-refractivity contribution in [1.82, 2.24) is 0 Å². The van der Waals surface area contributed by atoms with Crippen LogP contribution in [0.2, 0.25) is 0 Å². The van der Waals surface area contributed by atoms with Gasteiger partial charge in [0.2, 0.25) is 5.91 Å². The lowest BCUT2D eigenvalue weighted by Crippen LogP contribution is -2.07. The highest BCUT2D eigenvalue weighted by atomic mass is 32.2. The fourth-order valence-corrected chi connectivity index (χ4v) is 1.75. The Hall–Kier alpha value is -1.40. The van der Waals surface area contributed by atoms with Gasteiger partial charge in [0.25, 0.3) is 10.1 Å². The summed E-state index contributed by atoms with van der Waals surface area (Å²) in [5, 5.41) is 2.52. The smallest absolute Gasteiger partial charge is 0.269 e. The van der Waals surface area contributed by atoms with Crippen molar-refractivity contribution in [2.24, 2.45) is 0 Å². The summed E-state index contributed by atoms with van der Waals surface area (Å²) < 4.78 is 29.8. The summed E-state index contributed by atoms with van der Waals surface area (Å²) in [5.74, 6) is -0.695. The minimum Gasteiger partial charge on any atom is -0.326 e. The van der Waals surface area contributed by atoms with Gasteiger partial charge in [-0.15, -0.1) is 0 Å². The average Bonchev–Trinajstić information content (AvgIpc) is 1.99. The van der Waals surface area contributed by atoms with Crippen LogP contribution in [-0.2, 0) is 20.7 Å². The van der Waals surface area contributed by atoms with Gasteiger partial charge in [0, 0.05) is 12.6 Å². The molecule has 0 heterocycles. The van der Waals surface area contributed by atoms with Crippen LogP contribution < -0.4 is 5.32 Å². The zero-order chi connectivity index (χ0) is 11.5. The van der Waals surface area contributed by atoms with Gasteiger partial charge in [0.15, 0.2) is 0 Å². The van der Waals surface area contributed by atoms with E-state index in [0.717, 1.165) is 0 Å². The van der Waals surface area contributed by atoms with Crippen LogP contribution in [0.1, 0.15) is 12.5 Å². The zero-order valence-electron chi connectivity index (χ0n) is 8.10. The Morgan fingerprint density at radius 2 is 2.13 bits per heavy atom. The van der Waals surface area contributed by atoms with Gasteiger partial charge in [0.1, 0.15) is 5.75 Å². The number of rotatable bonds is 3. The first-order valence-electron chi connectivity index (χ1n) is 4.18. The predicted molar refractivity (Wildman–Crippen MR) is 56.0 cm³/mol. The number of carbonyl (C=O) groups excluding carboxylic acids is 1. The Bertz CT molecular complexity index is 467. The molecule has 1 rings (SSSR count). The molecule has 1 amide bonds. The normalized spacial score (nSPS) is 11.1. The molecule has 0 bridgehead atoms. The Kier molecular flexibility index (Phi) is 3.43. The molecule has 1 aromatic carbocycles. The maximum atomic E-state index is 10.7. The van der Waals surface area contributed by atoms with Gasteiger partial charge in [-0.2, -0.15) is 8.42 Å². The van der Waals surface area contributed by atoms with Gasteiger partial charge in [-0.25, -0.2) is 0 Å². The van der Waals surface area contributed by atoms with Crippen LogP contribution in [0, 0.1) is 0 Å². The molecular weight excluding hydrogens is 218 g/mol. The van der Waals surface area contributed by atoms with Crippen molar-refractivity contribution in [3.63, 3.8) is 0 Å². The fourth-order valence-electron chi connectivity index (χ4n) is 1.15. The molecule has 6 heteroatoms. The van der Waals surface area contributed by atoms with Gasteiger partial charge in [0.05, 0.1) is 0 Å². The summed E-state index contributed by atoms with van der Waals surface area (Å²) >= 11 is 0. The summed E-state index contributed by atoms with van der Waals surface area (Å²) in [6, 6.07) is 6.29. The number of amides is 1. The van der Waals surface area contributed by atoms with Crippen LogP contribution in [0.4, 0.5) is 5.69 Å². The summed E-state index contributed by atoms with van der Waals surface area (Å²) in [6.45, 7) is 1.36. The number of anilines is 1. The molecule has 82 valence electrons. The Labute approximate surface area is 87.9 Å². The molecule has 0 unspecified atom stereocenters. The third kappa shape index (κ3) is 4.57. The molecule has 0 aromatic heterocycles. The number of carbonyl (C=O) groups is 1. The first kappa shape index (κ1) is 11.7. The molecule has 0 radical (unpaired) electrons. The highest BCUT2D eigenvalue weighted by Crippen LogP contribution is 2.12. The second-order valence-corrected chi connectivity index (χ2v) is 4.56. The van der Waals surface area contributed by atoms with E-state index in [-0.39, 0.29) is 5.91 Å². The van der Waals surface area contributed by atoms with Crippen molar-refractivity contribution in [1.29, 1.82) is 0 Å². The predicted octanol–water partition coefficient (Wildman–Crippen LogP) is 1.03. The molecule has 0 saturated heterocycles. The van der Waals surface area contributed by atoms with Crippen LogP contribution in [-0.4, -0.2) is 18.9 Å². The van der Waals surface area contributed by atoms with Crippen molar-refractivity contribution in [3.05, 3.63) is 29.8 Å². The molecular formula is C9H11NO4S. The van der Waals surface area contributed by atoms with Crippen molar-refractivity contribution in [2.75, 3.05) is 5.32 Å². The molecule has 0 atom stereocenters. The molecule has 0 aliphatic carbocycles. The van der Waals surface area contributed by atoms with E-state index in [4.69, 9.17) is 4.55 Å². The van der Waals surface area contributed by atoms with Crippen LogP contribution in [0.5, 0.6) is 0 Å². The molecule has 0 aliphatic heterocycles. The molecule has 15 heavy (non-hydrogen) atoms. The number of hydrogen-bond acceptors (Lipinski definition) is 3.